The Morgan fingerprint density at radius 3 is 2.14 bits per heavy atom. The van der Waals surface area contributed by atoms with E-state index in [1.54, 1.807) is 0 Å². The largest absolute Gasteiger partial charge is 0.267 e. The van der Waals surface area contributed by atoms with Crippen LogP contribution in [0, 0.1) is 11.6 Å². The minimum absolute atomic E-state index is 0.0514. The zero-order valence-corrected chi connectivity index (χ0v) is 17.8. The summed E-state index contributed by atoms with van der Waals surface area (Å²) in [5.41, 5.74) is -0.273. The Morgan fingerprint density at radius 1 is 1.00 bits per heavy atom. The third-order valence-corrected chi connectivity index (χ3v) is 8.53. The number of benzene rings is 2. The van der Waals surface area contributed by atoms with Crippen LogP contribution in [0.4, 0.5) is 8.78 Å². The Balaban J connectivity index is 2.11. The summed E-state index contributed by atoms with van der Waals surface area (Å²) in [6, 6.07) is 8.14. The van der Waals surface area contributed by atoms with Gasteiger partial charge in [0.2, 0.25) is 0 Å². The molecule has 2 aromatic rings. The van der Waals surface area contributed by atoms with Crippen LogP contribution in [0.5, 0.6) is 0 Å². The molecule has 1 saturated carbocycles. The number of hydrogen-bond acceptors (Lipinski definition) is 5. The summed E-state index contributed by atoms with van der Waals surface area (Å²) >= 11 is 5.85. The van der Waals surface area contributed by atoms with Crippen molar-refractivity contribution in [1.29, 1.82) is 0 Å². The van der Waals surface area contributed by atoms with Crippen LogP contribution in [0.1, 0.15) is 31.2 Å². The van der Waals surface area contributed by atoms with Gasteiger partial charge in [-0.15, -0.1) is 0 Å². The Kier molecular flexibility index (Phi) is 6.06. The molecule has 0 unspecified atom stereocenters. The van der Waals surface area contributed by atoms with E-state index in [-0.39, 0.29) is 36.1 Å². The fraction of sp³-hybridized carbons (Fsp3) is 0.368. The van der Waals surface area contributed by atoms with Crippen LogP contribution in [0.3, 0.4) is 0 Å². The van der Waals surface area contributed by atoms with E-state index in [0.717, 1.165) is 24.5 Å². The monoisotopic (exact) mass is 464 g/mol. The molecule has 2 aromatic carbocycles. The first-order valence-electron chi connectivity index (χ1n) is 8.79. The highest BCUT2D eigenvalue weighted by atomic mass is 35.5. The molecule has 0 heterocycles. The van der Waals surface area contributed by atoms with Crippen molar-refractivity contribution >= 4 is 31.6 Å². The molecule has 29 heavy (non-hydrogen) atoms. The Bertz CT molecular complexity index is 1110. The molecule has 0 aliphatic heterocycles. The van der Waals surface area contributed by atoms with Gasteiger partial charge in [0, 0.05) is 10.6 Å². The fourth-order valence-electron chi connectivity index (χ4n) is 3.77. The summed E-state index contributed by atoms with van der Waals surface area (Å²) in [5.74, 6) is -1.60. The van der Waals surface area contributed by atoms with Crippen molar-refractivity contribution in [2.45, 2.75) is 41.4 Å². The lowest BCUT2D eigenvalue weighted by atomic mass is 9.81. The van der Waals surface area contributed by atoms with Gasteiger partial charge >= 0.3 is 0 Å². The first-order valence-corrected chi connectivity index (χ1v) is 12.5. The summed E-state index contributed by atoms with van der Waals surface area (Å²) < 4.78 is 81.9. The zero-order valence-electron chi connectivity index (χ0n) is 15.4. The second-order valence-corrected chi connectivity index (χ2v) is 11.4. The Morgan fingerprint density at radius 2 is 1.59 bits per heavy atom. The van der Waals surface area contributed by atoms with Crippen molar-refractivity contribution in [3.63, 3.8) is 0 Å². The molecule has 1 aliphatic rings. The average molecular weight is 465 g/mol. The van der Waals surface area contributed by atoms with Crippen LogP contribution in [0.2, 0.25) is 5.02 Å². The van der Waals surface area contributed by atoms with Gasteiger partial charge in [0.05, 0.1) is 17.3 Å². The van der Waals surface area contributed by atoms with E-state index in [4.69, 9.17) is 15.8 Å². The van der Waals surface area contributed by atoms with Crippen molar-refractivity contribution in [2.24, 2.45) is 0 Å². The standard InChI is InChI=1S/C19H19ClF2O5S2/c1-28(23,24)27-15-8-10-19(11-9-15,17-12-14(21)4-7-18(17)22)29(25,26)16-5-2-13(20)3-6-16/h2-7,12,15H,8-11H2,1H3/t15-,19-. The molecular weight excluding hydrogens is 446 g/mol. The van der Waals surface area contributed by atoms with Crippen molar-refractivity contribution in [3.8, 4) is 0 Å². The van der Waals surface area contributed by atoms with Crippen LogP contribution in [0.25, 0.3) is 0 Å². The first kappa shape index (κ1) is 22.1. The molecule has 0 N–H and O–H groups in total. The maximum Gasteiger partial charge on any atom is 0.264 e. The van der Waals surface area contributed by atoms with Crippen molar-refractivity contribution < 1.29 is 29.8 Å². The lowest BCUT2D eigenvalue weighted by Crippen LogP contribution is -2.42. The summed E-state index contributed by atoms with van der Waals surface area (Å²) in [6.45, 7) is 0. The molecule has 0 spiro atoms. The van der Waals surface area contributed by atoms with E-state index in [2.05, 4.69) is 0 Å². The highest BCUT2D eigenvalue weighted by molar-refractivity contribution is 7.92. The highest BCUT2D eigenvalue weighted by Crippen LogP contribution is 2.48. The van der Waals surface area contributed by atoms with Crippen LogP contribution in [-0.2, 0) is 28.9 Å². The molecule has 0 radical (unpaired) electrons. The third kappa shape index (κ3) is 4.47. The van der Waals surface area contributed by atoms with Crippen molar-refractivity contribution in [1.82, 2.24) is 0 Å². The fourth-order valence-corrected chi connectivity index (χ4v) is 6.75. The van der Waals surface area contributed by atoms with E-state index in [1.165, 1.54) is 24.3 Å². The molecule has 158 valence electrons. The van der Waals surface area contributed by atoms with Crippen LogP contribution in [0.15, 0.2) is 47.4 Å². The maximum atomic E-state index is 14.7. The van der Waals surface area contributed by atoms with Crippen molar-refractivity contribution in [3.05, 3.63) is 64.7 Å². The SMILES string of the molecule is CS(=O)(=O)O[C@H]1CC[C@](c2cc(F)ccc2F)(S(=O)(=O)c2ccc(Cl)cc2)CC1. The predicted molar refractivity (Wildman–Crippen MR) is 105 cm³/mol. The van der Waals surface area contributed by atoms with Gasteiger partial charge in [-0.2, -0.15) is 8.42 Å². The van der Waals surface area contributed by atoms with Gasteiger partial charge < -0.3 is 0 Å². The summed E-state index contributed by atoms with van der Waals surface area (Å²) in [5, 5.41) is 0.334. The minimum Gasteiger partial charge on any atom is -0.267 e. The maximum absolute atomic E-state index is 14.7. The minimum atomic E-state index is -4.17. The van der Waals surface area contributed by atoms with Crippen LogP contribution in [-0.4, -0.2) is 29.2 Å². The number of sulfone groups is 1. The molecule has 1 aliphatic carbocycles. The number of hydrogen-bond donors (Lipinski definition) is 0. The van der Waals surface area contributed by atoms with Gasteiger partial charge in [0.15, 0.2) is 9.84 Å². The van der Waals surface area contributed by atoms with E-state index in [9.17, 15) is 25.6 Å². The van der Waals surface area contributed by atoms with E-state index in [0.29, 0.717) is 5.02 Å². The normalized spacial score (nSPS) is 23.1. The van der Waals surface area contributed by atoms with Gasteiger partial charge in [0.25, 0.3) is 10.1 Å². The van der Waals surface area contributed by atoms with Crippen LogP contribution < -0.4 is 0 Å². The molecule has 10 heteroatoms. The lowest BCUT2D eigenvalue weighted by Gasteiger charge is -2.39. The smallest absolute Gasteiger partial charge is 0.264 e. The van der Waals surface area contributed by atoms with E-state index in [1.807, 2.05) is 0 Å². The van der Waals surface area contributed by atoms with Gasteiger partial charge in [-0.1, -0.05) is 11.6 Å². The van der Waals surface area contributed by atoms with Crippen molar-refractivity contribution in [2.75, 3.05) is 6.26 Å². The molecule has 3 rings (SSSR count). The number of rotatable bonds is 5. The summed E-state index contributed by atoms with van der Waals surface area (Å²) in [7, 11) is -7.90. The van der Waals surface area contributed by atoms with Gasteiger partial charge in [0.1, 0.15) is 16.4 Å². The Labute approximate surface area is 173 Å². The molecule has 0 atom stereocenters. The second-order valence-electron chi connectivity index (χ2n) is 7.08. The number of halogens is 3. The van der Waals surface area contributed by atoms with E-state index < -0.39 is 42.4 Å². The van der Waals surface area contributed by atoms with E-state index >= 15 is 0 Å². The Hall–Kier alpha value is -1.55. The zero-order chi connectivity index (χ0) is 21.4. The molecule has 5 nitrogen and oxygen atoms in total. The topological polar surface area (TPSA) is 77.5 Å². The molecule has 0 aromatic heterocycles. The second kappa shape index (κ2) is 7.94. The first-order chi connectivity index (χ1) is 13.4. The van der Waals surface area contributed by atoms with Gasteiger partial charge in [-0.25, -0.2) is 17.2 Å². The van der Waals surface area contributed by atoms with Gasteiger partial charge in [-0.3, -0.25) is 4.18 Å². The molecule has 0 saturated heterocycles. The third-order valence-electron chi connectivity index (χ3n) is 5.11. The average Bonchev–Trinajstić information content (AvgIpc) is 2.63. The molecule has 1 fully saturated rings. The predicted octanol–water partition coefficient (Wildman–Crippen LogP) is 4.21. The summed E-state index contributed by atoms with van der Waals surface area (Å²) in [4.78, 5) is -0.0759. The highest BCUT2D eigenvalue weighted by Gasteiger charge is 2.50. The molecular formula is C19H19ClF2O5S2. The molecule has 0 bridgehead atoms. The summed E-state index contributed by atoms with van der Waals surface area (Å²) in [6.07, 6.45) is 0.0315. The van der Waals surface area contributed by atoms with Crippen LogP contribution >= 0.6 is 11.6 Å². The van der Waals surface area contributed by atoms with Gasteiger partial charge in [-0.05, 0) is 68.1 Å². The molecule has 0 amide bonds. The quantitative estimate of drug-likeness (QED) is 0.619. The lowest BCUT2D eigenvalue weighted by molar-refractivity contribution is 0.144.